The van der Waals surface area contributed by atoms with Crippen LogP contribution in [0.2, 0.25) is 0 Å². The van der Waals surface area contributed by atoms with Gasteiger partial charge in [0, 0.05) is 13.1 Å². The third kappa shape index (κ3) is 3.94. The summed E-state index contributed by atoms with van der Waals surface area (Å²) in [7, 11) is 4.05. The fourth-order valence-corrected chi connectivity index (χ4v) is 2.80. The molecule has 0 saturated carbocycles. The van der Waals surface area contributed by atoms with Crippen LogP contribution in [0.4, 0.5) is 0 Å². The van der Waals surface area contributed by atoms with Crippen molar-refractivity contribution in [3.63, 3.8) is 0 Å². The number of thioether (sulfide) groups is 1. The number of nitrogens with zero attached hydrogens (tertiary/aromatic N) is 2. The van der Waals surface area contributed by atoms with Gasteiger partial charge in [0.05, 0.1) is 11.0 Å². The van der Waals surface area contributed by atoms with Crippen molar-refractivity contribution in [3.8, 4) is 0 Å². The third-order valence-corrected chi connectivity index (χ3v) is 4.03. The average molecular weight is 232 g/mol. The molecule has 0 amide bonds. The van der Waals surface area contributed by atoms with Gasteiger partial charge >= 0.3 is 0 Å². The molecule has 0 aromatic rings. The molecule has 3 nitrogen and oxygen atoms in total. The first-order valence-corrected chi connectivity index (χ1v) is 6.89. The summed E-state index contributed by atoms with van der Waals surface area (Å²) in [5.41, 5.74) is -0.508. The fraction of sp³-hybridized carbons (Fsp3) is 1.00. The standard InChI is InChI=1S/C11H24N2OS/c1-10(15-4)13-7-5-6-11(14,9-13)8-12(2)3/h10,14H,5-9H2,1-4H3/t10?,11-/m1/s1. The highest BCUT2D eigenvalue weighted by Gasteiger charge is 2.34. The Bertz CT molecular complexity index is 201. The first-order valence-electron chi connectivity index (χ1n) is 5.61. The zero-order valence-electron chi connectivity index (χ0n) is 10.4. The smallest absolute Gasteiger partial charge is 0.0900 e. The molecule has 1 aliphatic heterocycles. The highest BCUT2D eigenvalue weighted by atomic mass is 32.2. The fourth-order valence-electron chi connectivity index (χ4n) is 2.32. The van der Waals surface area contributed by atoms with Crippen LogP contribution in [0.25, 0.3) is 0 Å². The Morgan fingerprint density at radius 3 is 2.73 bits per heavy atom. The van der Waals surface area contributed by atoms with E-state index in [0.717, 1.165) is 32.5 Å². The lowest BCUT2D eigenvalue weighted by atomic mass is 9.92. The van der Waals surface area contributed by atoms with Crippen LogP contribution in [0, 0.1) is 0 Å². The molecule has 1 fully saturated rings. The number of β-amino-alcohol motifs (C(OH)–C–C–N with tert-alkyl or cyclic N) is 1. The van der Waals surface area contributed by atoms with E-state index < -0.39 is 5.60 Å². The van der Waals surface area contributed by atoms with E-state index >= 15 is 0 Å². The second kappa shape index (κ2) is 5.53. The lowest BCUT2D eigenvalue weighted by molar-refractivity contribution is -0.0473. The van der Waals surface area contributed by atoms with Gasteiger partial charge in [-0.1, -0.05) is 0 Å². The van der Waals surface area contributed by atoms with E-state index in [1.807, 2.05) is 25.9 Å². The first-order chi connectivity index (χ1) is 6.97. The summed E-state index contributed by atoms with van der Waals surface area (Å²) in [6.07, 6.45) is 4.17. The molecular weight excluding hydrogens is 208 g/mol. The molecule has 1 heterocycles. The second-order valence-corrected chi connectivity index (χ2v) is 6.02. The van der Waals surface area contributed by atoms with Gasteiger partial charge in [-0.3, -0.25) is 4.90 Å². The van der Waals surface area contributed by atoms with Crippen LogP contribution in [0.1, 0.15) is 19.8 Å². The summed E-state index contributed by atoms with van der Waals surface area (Å²) in [5, 5.41) is 11.0. The van der Waals surface area contributed by atoms with Crippen molar-refractivity contribution >= 4 is 11.8 Å². The molecule has 0 spiro atoms. The Kier molecular flexibility index (Phi) is 4.90. The number of aliphatic hydroxyl groups is 1. The molecule has 0 aromatic carbocycles. The number of rotatable bonds is 4. The zero-order chi connectivity index (χ0) is 11.5. The topological polar surface area (TPSA) is 26.7 Å². The number of hydrogen-bond acceptors (Lipinski definition) is 4. The van der Waals surface area contributed by atoms with E-state index in [-0.39, 0.29) is 0 Å². The number of hydrogen-bond donors (Lipinski definition) is 1. The molecular formula is C11H24N2OS. The maximum absolute atomic E-state index is 10.5. The van der Waals surface area contributed by atoms with Gasteiger partial charge in [0.15, 0.2) is 0 Å². The van der Waals surface area contributed by atoms with Gasteiger partial charge in [-0.05, 0) is 46.7 Å². The average Bonchev–Trinajstić information content (AvgIpc) is 2.14. The highest BCUT2D eigenvalue weighted by molar-refractivity contribution is 7.99. The Hall–Kier alpha value is 0.230. The molecule has 1 N–H and O–H groups in total. The third-order valence-electron chi connectivity index (χ3n) is 3.05. The lowest BCUT2D eigenvalue weighted by Gasteiger charge is -2.42. The summed E-state index contributed by atoms with van der Waals surface area (Å²) in [5.74, 6) is 0. The van der Waals surface area contributed by atoms with Crippen LogP contribution in [-0.2, 0) is 0 Å². The molecule has 1 saturated heterocycles. The minimum atomic E-state index is -0.508. The monoisotopic (exact) mass is 232 g/mol. The molecule has 0 aromatic heterocycles. The molecule has 1 rings (SSSR count). The van der Waals surface area contributed by atoms with Gasteiger partial charge in [-0.25, -0.2) is 0 Å². The van der Waals surface area contributed by atoms with E-state index in [1.54, 1.807) is 0 Å². The summed E-state index contributed by atoms with van der Waals surface area (Å²) >= 11 is 1.85. The summed E-state index contributed by atoms with van der Waals surface area (Å²) in [6.45, 7) is 4.92. The molecule has 1 unspecified atom stereocenters. The van der Waals surface area contributed by atoms with Gasteiger partial charge in [-0.15, -0.1) is 11.8 Å². The summed E-state index contributed by atoms with van der Waals surface area (Å²) in [4.78, 5) is 4.46. The molecule has 15 heavy (non-hydrogen) atoms. The van der Waals surface area contributed by atoms with Gasteiger partial charge in [-0.2, -0.15) is 0 Å². The van der Waals surface area contributed by atoms with Gasteiger partial charge in [0.2, 0.25) is 0 Å². The lowest BCUT2D eigenvalue weighted by Crippen LogP contribution is -2.54. The van der Waals surface area contributed by atoms with Crippen LogP contribution >= 0.6 is 11.8 Å². The predicted octanol–water partition coefficient (Wildman–Crippen LogP) is 1.08. The van der Waals surface area contributed by atoms with Gasteiger partial charge < -0.3 is 10.0 Å². The second-order valence-electron chi connectivity index (χ2n) is 4.87. The molecule has 90 valence electrons. The van der Waals surface area contributed by atoms with Crippen molar-refractivity contribution in [2.45, 2.75) is 30.7 Å². The molecule has 0 radical (unpaired) electrons. The molecule has 1 aliphatic rings. The van der Waals surface area contributed by atoms with Crippen LogP contribution < -0.4 is 0 Å². The van der Waals surface area contributed by atoms with Gasteiger partial charge in [0.1, 0.15) is 0 Å². The van der Waals surface area contributed by atoms with Crippen LogP contribution in [0.5, 0.6) is 0 Å². The minimum Gasteiger partial charge on any atom is -0.387 e. The van der Waals surface area contributed by atoms with Crippen molar-refractivity contribution in [1.29, 1.82) is 0 Å². The van der Waals surface area contributed by atoms with Crippen molar-refractivity contribution in [3.05, 3.63) is 0 Å². The van der Waals surface area contributed by atoms with Crippen LogP contribution in [-0.4, -0.2) is 65.9 Å². The zero-order valence-corrected chi connectivity index (χ0v) is 11.2. The number of piperidine rings is 1. The van der Waals surface area contributed by atoms with E-state index in [0.29, 0.717) is 5.37 Å². The maximum atomic E-state index is 10.5. The van der Waals surface area contributed by atoms with E-state index in [2.05, 4.69) is 23.0 Å². The van der Waals surface area contributed by atoms with E-state index in [9.17, 15) is 5.11 Å². The van der Waals surface area contributed by atoms with Crippen molar-refractivity contribution in [2.24, 2.45) is 0 Å². The van der Waals surface area contributed by atoms with Crippen molar-refractivity contribution in [1.82, 2.24) is 9.80 Å². The predicted molar refractivity (Wildman–Crippen MR) is 67.3 cm³/mol. The summed E-state index contributed by atoms with van der Waals surface area (Å²) < 4.78 is 0. The first kappa shape index (κ1) is 13.3. The van der Waals surface area contributed by atoms with Crippen molar-refractivity contribution in [2.75, 3.05) is 40.0 Å². The Labute approximate surface area is 97.8 Å². The number of likely N-dealkylation sites (N-methyl/N-ethyl adjacent to an activating group) is 1. The SMILES string of the molecule is CSC(C)N1CCC[C@@](O)(CN(C)C)C1. The molecule has 0 aliphatic carbocycles. The van der Waals surface area contributed by atoms with E-state index in [4.69, 9.17) is 0 Å². The quantitative estimate of drug-likeness (QED) is 0.785. The minimum absolute atomic E-state index is 0.508. The Morgan fingerprint density at radius 1 is 1.53 bits per heavy atom. The largest absolute Gasteiger partial charge is 0.387 e. The Balaban J connectivity index is 2.54. The molecule has 4 heteroatoms. The van der Waals surface area contributed by atoms with Crippen LogP contribution in [0.15, 0.2) is 0 Å². The summed E-state index contributed by atoms with van der Waals surface area (Å²) in [6, 6.07) is 0. The van der Waals surface area contributed by atoms with E-state index in [1.165, 1.54) is 0 Å². The molecule has 0 bridgehead atoms. The Morgan fingerprint density at radius 2 is 2.20 bits per heavy atom. The van der Waals surface area contributed by atoms with Crippen molar-refractivity contribution < 1.29 is 5.11 Å². The molecule has 2 atom stereocenters. The van der Waals surface area contributed by atoms with Gasteiger partial charge in [0.25, 0.3) is 0 Å². The van der Waals surface area contributed by atoms with Crippen LogP contribution in [0.3, 0.4) is 0 Å². The maximum Gasteiger partial charge on any atom is 0.0900 e. The number of likely N-dealkylation sites (tertiary alicyclic amines) is 1. The highest BCUT2D eigenvalue weighted by Crippen LogP contribution is 2.25. The normalized spacial score (nSPS) is 30.8.